The van der Waals surface area contributed by atoms with E-state index in [1.54, 1.807) is 12.1 Å². The minimum atomic E-state index is -0.564. The molecule has 0 saturated heterocycles. The Balaban J connectivity index is 1.40. The Morgan fingerprint density at radius 3 is 2.50 bits per heavy atom. The van der Waals surface area contributed by atoms with E-state index in [2.05, 4.69) is 5.32 Å². The summed E-state index contributed by atoms with van der Waals surface area (Å²) in [6.07, 6.45) is 4.64. The zero-order valence-corrected chi connectivity index (χ0v) is 20.1. The maximum Gasteiger partial charge on any atom is 0.337 e. The van der Waals surface area contributed by atoms with Crippen molar-refractivity contribution in [2.45, 2.75) is 63.4 Å². The molecule has 1 saturated carbocycles. The van der Waals surface area contributed by atoms with Crippen LogP contribution < -0.4 is 14.8 Å². The highest BCUT2D eigenvalue weighted by Gasteiger charge is 2.42. The molecule has 4 aliphatic rings. The number of halogens is 1. The maximum atomic E-state index is 13.7. The molecule has 2 aromatic carbocycles. The summed E-state index contributed by atoms with van der Waals surface area (Å²) in [5.74, 6) is -0.101. The van der Waals surface area contributed by atoms with Gasteiger partial charge in [0.1, 0.15) is 11.9 Å². The fourth-order valence-electron chi connectivity index (χ4n) is 5.93. The Kier molecular flexibility index (Phi) is 5.78. The van der Waals surface area contributed by atoms with E-state index >= 15 is 0 Å². The molecule has 2 aromatic rings. The molecule has 6 nitrogen and oxygen atoms in total. The molecular weight excluding hydrogens is 461 g/mol. The van der Waals surface area contributed by atoms with E-state index in [1.807, 2.05) is 25.1 Å². The van der Waals surface area contributed by atoms with Gasteiger partial charge in [0, 0.05) is 29.3 Å². The predicted molar refractivity (Wildman–Crippen MR) is 130 cm³/mol. The number of carbonyl (C=O) groups excluding carboxylic acids is 2. The van der Waals surface area contributed by atoms with E-state index in [-0.39, 0.29) is 42.8 Å². The molecule has 2 aliphatic heterocycles. The topological polar surface area (TPSA) is 73.9 Å². The summed E-state index contributed by atoms with van der Waals surface area (Å²) < 4.78 is 30.5. The van der Waals surface area contributed by atoms with Crippen molar-refractivity contribution in [2.24, 2.45) is 0 Å². The minimum Gasteiger partial charge on any atom is -0.459 e. The van der Waals surface area contributed by atoms with Gasteiger partial charge in [0.2, 0.25) is 6.79 Å². The number of carbonyl (C=O) groups is 2. The Morgan fingerprint density at radius 2 is 1.72 bits per heavy atom. The third-order valence-corrected chi connectivity index (χ3v) is 7.69. The molecule has 186 valence electrons. The van der Waals surface area contributed by atoms with Crippen LogP contribution in [0.5, 0.6) is 11.5 Å². The van der Waals surface area contributed by atoms with Crippen molar-refractivity contribution in [3.05, 3.63) is 81.9 Å². The molecule has 0 radical (unpaired) electrons. The van der Waals surface area contributed by atoms with Gasteiger partial charge >= 0.3 is 5.97 Å². The normalized spacial score (nSPS) is 23.6. The van der Waals surface area contributed by atoms with Crippen LogP contribution in [0.15, 0.2) is 65.0 Å². The molecule has 2 heterocycles. The van der Waals surface area contributed by atoms with Gasteiger partial charge < -0.3 is 19.5 Å². The van der Waals surface area contributed by atoms with Gasteiger partial charge in [-0.2, -0.15) is 0 Å². The lowest BCUT2D eigenvalue weighted by molar-refractivity contribution is -0.144. The largest absolute Gasteiger partial charge is 0.459 e. The fourth-order valence-corrected chi connectivity index (χ4v) is 5.93. The summed E-state index contributed by atoms with van der Waals surface area (Å²) in [5, 5.41) is 3.38. The number of rotatable bonds is 4. The van der Waals surface area contributed by atoms with Crippen molar-refractivity contribution in [2.75, 3.05) is 6.79 Å². The summed E-state index contributed by atoms with van der Waals surface area (Å²) in [6.45, 7) is 2.00. The SMILES string of the molecule is CC1=C(C(=O)OC2CCCC2)[C@@H](c2ccc3c(c2)OCO3)C2=C(C[C@@H](c3ccc(F)cc3)CC2=O)N1. The van der Waals surface area contributed by atoms with Crippen LogP contribution >= 0.6 is 0 Å². The van der Waals surface area contributed by atoms with Gasteiger partial charge in [0.05, 0.1) is 5.57 Å². The van der Waals surface area contributed by atoms with Crippen molar-refractivity contribution in [1.29, 1.82) is 0 Å². The van der Waals surface area contributed by atoms with Crippen molar-refractivity contribution in [3.63, 3.8) is 0 Å². The van der Waals surface area contributed by atoms with Crippen LogP contribution in [0.2, 0.25) is 0 Å². The minimum absolute atomic E-state index is 0.0283. The number of esters is 1. The van der Waals surface area contributed by atoms with E-state index in [0.29, 0.717) is 34.8 Å². The summed E-state index contributed by atoms with van der Waals surface area (Å²) in [7, 11) is 0. The third-order valence-electron chi connectivity index (χ3n) is 7.69. The highest BCUT2D eigenvalue weighted by Crippen LogP contribution is 2.47. The lowest BCUT2D eigenvalue weighted by Crippen LogP contribution is -2.36. The highest BCUT2D eigenvalue weighted by atomic mass is 19.1. The first-order valence-electron chi connectivity index (χ1n) is 12.6. The second kappa shape index (κ2) is 9.12. The maximum absolute atomic E-state index is 13.7. The summed E-state index contributed by atoms with van der Waals surface area (Å²) in [6, 6.07) is 11.9. The molecule has 0 bridgehead atoms. The third kappa shape index (κ3) is 4.06. The monoisotopic (exact) mass is 489 g/mol. The van der Waals surface area contributed by atoms with Crippen LogP contribution in [0.25, 0.3) is 0 Å². The predicted octanol–water partition coefficient (Wildman–Crippen LogP) is 5.40. The summed E-state index contributed by atoms with van der Waals surface area (Å²) in [5.41, 5.74) is 4.26. The number of ether oxygens (including phenoxy) is 3. The number of Topliss-reactive ketones (excluding diaryl/α,β-unsaturated/α-hetero) is 1. The van der Waals surface area contributed by atoms with Crippen LogP contribution in [0.4, 0.5) is 4.39 Å². The Labute approximate surface area is 209 Å². The second-order valence-corrected chi connectivity index (χ2v) is 9.99. The van der Waals surface area contributed by atoms with Gasteiger partial charge in [-0.15, -0.1) is 0 Å². The van der Waals surface area contributed by atoms with Crippen LogP contribution in [0.1, 0.15) is 68.4 Å². The summed E-state index contributed by atoms with van der Waals surface area (Å²) in [4.78, 5) is 27.2. The first-order chi connectivity index (χ1) is 17.5. The number of fused-ring (bicyclic) bond motifs is 1. The van der Waals surface area contributed by atoms with Gasteiger partial charge in [-0.05, 0) is 80.3 Å². The van der Waals surface area contributed by atoms with Crippen molar-refractivity contribution in [1.82, 2.24) is 5.32 Å². The van der Waals surface area contributed by atoms with Gasteiger partial charge in [-0.1, -0.05) is 18.2 Å². The number of ketones is 1. The van der Waals surface area contributed by atoms with Crippen molar-refractivity contribution < 1.29 is 28.2 Å². The molecular formula is C29H28FNO5. The molecule has 36 heavy (non-hydrogen) atoms. The highest BCUT2D eigenvalue weighted by molar-refractivity contribution is 6.04. The molecule has 0 amide bonds. The second-order valence-electron chi connectivity index (χ2n) is 9.99. The number of hydrogen-bond donors (Lipinski definition) is 1. The van der Waals surface area contributed by atoms with E-state index in [9.17, 15) is 14.0 Å². The average molecular weight is 490 g/mol. The van der Waals surface area contributed by atoms with Gasteiger partial charge in [0.25, 0.3) is 0 Å². The Bertz CT molecular complexity index is 1290. The molecule has 0 unspecified atom stereocenters. The molecule has 2 aliphatic carbocycles. The van der Waals surface area contributed by atoms with Crippen molar-refractivity contribution in [3.8, 4) is 11.5 Å². The molecule has 7 heteroatoms. The smallest absolute Gasteiger partial charge is 0.337 e. The van der Waals surface area contributed by atoms with Gasteiger partial charge in [0.15, 0.2) is 17.3 Å². The molecule has 0 aromatic heterocycles. The lowest BCUT2D eigenvalue weighted by atomic mass is 9.71. The van der Waals surface area contributed by atoms with Crippen LogP contribution in [-0.4, -0.2) is 24.6 Å². The van der Waals surface area contributed by atoms with E-state index in [4.69, 9.17) is 14.2 Å². The number of nitrogens with one attached hydrogen (secondary N) is 1. The molecule has 1 N–H and O–H groups in total. The zero-order chi connectivity index (χ0) is 24.8. The first-order valence-corrected chi connectivity index (χ1v) is 12.6. The van der Waals surface area contributed by atoms with E-state index in [1.165, 1.54) is 12.1 Å². The fraction of sp³-hybridized carbons (Fsp3) is 0.379. The molecule has 0 spiro atoms. The van der Waals surface area contributed by atoms with E-state index in [0.717, 1.165) is 42.5 Å². The number of allylic oxidation sites excluding steroid dienone is 3. The van der Waals surface area contributed by atoms with Gasteiger partial charge in [-0.3, -0.25) is 4.79 Å². The Hall–Kier alpha value is -3.61. The average Bonchev–Trinajstić information content (AvgIpc) is 3.55. The molecule has 2 atom stereocenters. The van der Waals surface area contributed by atoms with Gasteiger partial charge in [-0.25, -0.2) is 9.18 Å². The lowest BCUT2D eigenvalue weighted by Gasteiger charge is -2.37. The van der Waals surface area contributed by atoms with Crippen molar-refractivity contribution >= 4 is 11.8 Å². The number of hydrogen-bond acceptors (Lipinski definition) is 6. The van der Waals surface area contributed by atoms with Crippen LogP contribution in [0, 0.1) is 5.82 Å². The zero-order valence-electron chi connectivity index (χ0n) is 20.1. The number of benzene rings is 2. The molecule has 1 fully saturated rings. The summed E-state index contributed by atoms with van der Waals surface area (Å²) >= 11 is 0. The first kappa shape index (κ1) is 22.8. The quantitative estimate of drug-likeness (QED) is 0.580. The Morgan fingerprint density at radius 1 is 1.00 bits per heavy atom. The van der Waals surface area contributed by atoms with Crippen LogP contribution in [0.3, 0.4) is 0 Å². The number of dihydropyridines is 1. The molecule has 6 rings (SSSR count). The van der Waals surface area contributed by atoms with Crippen LogP contribution in [-0.2, 0) is 14.3 Å². The standard InChI is InChI=1S/C29H28FNO5/c1-16-26(29(33)36-21-4-2-3-5-21)27(18-8-11-24-25(14-18)35-15-34-24)28-22(31-16)12-19(13-23(28)32)17-6-9-20(30)10-7-17/h6-11,14,19,21,27,31H,2-5,12-13,15H2,1H3/t19-,27-/m1/s1. The van der Waals surface area contributed by atoms with E-state index < -0.39 is 5.92 Å².